The van der Waals surface area contributed by atoms with E-state index in [4.69, 9.17) is 4.74 Å². The molecule has 8 nitrogen and oxygen atoms in total. The molecule has 2 aromatic rings. The van der Waals surface area contributed by atoms with Gasteiger partial charge in [0.05, 0.1) is 30.6 Å². The topological polar surface area (TPSA) is 86.0 Å². The first-order valence-corrected chi connectivity index (χ1v) is 9.15. The number of ether oxygens (including phenoxy) is 1. The van der Waals surface area contributed by atoms with Crippen molar-refractivity contribution in [3.63, 3.8) is 0 Å². The van der Waals surface area contributed by atoms with Crippen LogP contribution in [0.4, 0.5) is 0 Å². The van der Waals surface area contributed by atoms with Crippen molar-refractivity contribution >= 4 is 5.91 Å². The van der Waals surface area contributed by atoms with Crippen LogP contribution in [0.3, 0.4) is 0 Å². The summed E-state index contributed by atoms with van der Waals surface area (Å²) < 4.78 is 7.82. The molecule has 138 valence electrons. The summed E-state index contributed by atoms with van der Waals surface area (Å²) in [6, 6.07) is 1.84. The Morgan fingerprint density at radius 1 is 1.38 bits per heavy atom. The molecule has 0 aromatic carbocycles. The largest absolute Gasteiger partial charge is 0.370 e. The Kier molecular flexibility index (Phi) is 4.44. The Hall–Kier alpha value is -2.35. The summed E-state index contributed by atoms with van der Waals surface area (Å²) in [6.45, 7) is 7.87. The summed E-state index contributed by atoms with van der Waals surface area (Å²) in [5.74, 6) is 1.07. The standard InChI is InChI=1S/C18H24N6O2/c1-11(2)6-13-7-15(21-12(3)20-13)18(25)23-5-4-17-16(9-23)24-14(10-26-17)8-19-22-24/h7-8,11,16-17H,4-6,9-10H2,1-3H3/t16-,17+/m0/s1. The second-order valence-electron chi connectivity index (χ2n) is 7.52. The highest BCUT2D eigenvalue weighted by Crippen LogP contribution is 2.30. The Morgan fingerprint density at radius 3 is 3.04 bits per heavy atom. The van der Waals surface area contributed by atoms with E-state index in [9.17, 15) is 4.79 Å². The fourth-order valence-electron chi connectivity index (χ4n) is 3.79. The Bertz CT molecular complexity index is 818. The van der Waals surface area contributed by atoms with Gasteiger partial charge in [0, 0.05) is 18.8 Å². The highest BCUT2D eigenvalue weighted by Gasteiger charge is 2.38. The molecule has 0 aliphatic carbocycles. The van der Waals surface area contributed by atoms with Gasteiger partial charge in [0.25, 0.3) is 5.91 Å². The molecule has 4 heterocycles. The zero-order chi connectivity index (χ0) is 18.3. The fraction of sp³-hybridized carbons (Fsp3) is 0.611. The number of hydrogen-bond acceptors (Lipinski definition) is 6. The molecule has 1 saturated heterocycles. The molecular formula is C18H24N6O2. The van der Waals surface area contributed by atoms with Crippen LogP contribution in [0.2, 0.25) is 0 Å². The molecule has 0 N–H and O–H groups in total. The number of aromatic nitrogens is 5. The quantitative estimate of drug-likeness (QED) is 0.830. The second kappa shape index (κ2) is 6.75. The van der Waals surface area contributed by atoms with Gasteiger partial charge in [0.15, 0.2) is 0 Å². The number of carbonyl (C=O) groups excluding carboxylic acids is 1. The predicted molar refractivity (Wildman–Crippen MR) is 93.5 cm³/mol. The van der Waals surface area contributed by atoms with Crippen molar-refractivity contribution in [3.8, 4) is 0 Å². The number of carbonyl (C=O) groups is 1. The molecule has 1 amide bonds. The molecule has 0 radical (unpaired) electrons. The maximum absolute atomic E-state index is 13.1. The molecule has 4 rings (SSSR count). The zero-order valence-corrected chi connectivity index (χ0v) is 15.4. The molecule has 2 aliphatic rings. The maximum Gasteiger partial charge on any atom is 0.272 e. The van der Waals surface area contributed by atoms with Gasteiger partial charge in [0.1, 0.15) is 11.5 Å². The maximum atomic E-state index is 13.1. The van der Waals surface area contributed by atoms with E-state index >= 15 is 0 Å². The molecule has 26 heavy (non-hydrogen) atoms. The zero-order valence-electron chi connectivity index (χ0n) is 15.4. The van der Waals surface area contributed by atoms with E-state index in [0.29, 0.717) is 37.1 Å². The summed E-state index contributed by atoms with van der Waals surface area (Å²) in [6.07, 6.45) is 3.43. The molecule has 2 aliphatic heterocycles. The van der Waals surface area contributed by atoms with E-state index in [1.54, 1.807) is 6.20 Å². The third-order valence-electron chi connectivity index (χ3n) is 4.94. The van der Waals surface area contributed by atoms with Gasteiger partial charge in [-0.05, 0) is 31.7 Å². The average Bonchev–Trinajstić information content (AvgIpc) is 3.08. The van der Waals surface area contributed by atoms with Crippen molar-refractivity contribution in [2.75, 3.05) is 13.1 Å². The van der Waals surface area contributed by atoms with Gasteiger partial charge in [0.2, 0.25) is 0 Å². The molecule has 8 heteroatoms. The highest BCUT2D eigenvalue weighted by molar-refractivity contribution is 5.92. The minimum Gasteiger partial charge on any atom is -0.370 e. The molecule has 2 aromatic heterocycles. The van der Waals surface area contributed by atoms with Crippen molar-refractivity contribution in [3.05, 3.63) is 35.2 Å². The van der Waals surface area contributed by atoms with E-state index < -0.39 is 0 Å². The number of rotatable bonds is 3. The molecule has 2 atom stereocenters. The van der Waals surface area contributed by atoms with Crippen LogP contribution in [0.1, 0.15) is 54.0 Å². The second-order valence-corrected chi connectivity index (χ2v) is 7.52. The minimum atomic E-state index is -0.0498. The number of amides is 1. The van der Waals surface area contributed by atoms with Crippen LogP contribution in [-0.2, 0) is 17.8 Å². The number of aryl methyl sites for hydroxylation is 1. The van der Waals surface area contributed by atoms with Gasteiger partial charge in [-0.2, -0.15) is 0 Å². The first-order chi connectivity index (χ1) is 12.5. The third-order valence-corrected chi connectivity index (χ3v) is 4.94. The number of piperidine rings is 1. The summed E-state index contributed by atoms with van der Waals surface area (Å²) >= 11 is 0. The van der Waals surface area contributed by atoms with Crippen molar-refractivity contribution < 1.29 is 9.53 Å². The van der Waals surface area contributed by atoms with E-state index in [-0.39, 0.29) is 18.1 Å². The van der Waals surface area contributed by atoms with Crippen molar-refractivity contribution in [1.29, 1.82) is 0 Å². The van der Waals surface area contributed by atoms with Crippen LogP contribution >= 0.6 is 0 Å². The molecule has 0 saturated carbocycles. The highest BCUT2D eigenvalue weighted by atomic mass is 16.5. The number of hydrogen-bond donors (Lipinski definition) is 0. The first-order valence-electron chi connectivity index (χ1n) is 9.15. The van der Waals surface area contributed by atoms with Crippen LogP contribution in [0.15, 0.2) is 12.3 Å². The number of likely N-dealkylation sites (tertiary alicyclic amines) is 1. The monoisotopic (exact) mass is 356 g/mol. The Morgan fingerprint density at radius 2 is 2.23 bits per heavy atom. The van der Waals surface area contributed by atoms with E-state index in [1.165, 1.54) is 0 Å². The van der Waals surface area contributed by atoms with Gasteiger partial charge in [-0.15, -0.1) is 5.10 Å². The van der Waals surface area contributed by atoms with Crippen LogP contribution < -0.4 is 0 Å². The van der Waals surface area contributed by atoms with E-state index in [2.05, 4.69) is 34.1 Å². The van der Waals surface area contributed by atoms with Gasteiger partial charge in [-0.3, -0.25) is 4.79 Å². The predicted octanol–water partition coefficient (Wildman–Crippen LogP) is 1.56. The third kappa shape index (κ3) is 3.21. The summed E-state index contributed by atoms with van der Waals surface area (Å²) in [7, 11) is 0. The summed E-state index contributed by atoms with van der Waals surface area (Å²) in [4.78, 5) is 23.8. The van der Waals surface area contributed by atoms with Crippen molar-refractivity contribution in [2.45, 2.75) is 52.4 Å². The molecular weight excluding hydrogens is 332 g/mol. The molecule has 0 unspecified atom stereocenters. The average molecular weight is 356 g/mol. The lowest BCUT2D eigenvalue weighted by Crippen LogP contribution is -2.50. The first kappa shape index (κ1) is 17.1. The van der Waals surface area contributed by atoms with Gasteiger partial charge in [-0.25, -0.2) is 14.6 Å². The normalized spacial score (nSPS) is 22.2. The number of fused-ring (bicyclic) bond motifs is 3. The van der Waals surface area contributed by atoms with Gasteiger partial charge < -0.3 is 9.64 Å². The fourth-order valence-corrected chi connectivity index (χ4v) is 3.79. The van der Waals surface area contributed by atoms with Gasteiger partial charge in [-0.1, -0.05) is 19.1 Å². The van der Waals surface area contributed by atoms with E-state index in [1.807, 2.05) is 22.6 Å². The molecule has 0 bridgehead atoms. The minimum absolute atomic E-state index is 0.0111. The SMILES string of the molecule is Cc1nc(CC(C)C)cc(C(=O)N2CC[C@H]3OCc4cnnn4[C@H]3C2)n1. The summed E-state index contributed by atoms with van der Waals surface area (Å²) in [5.41, 5.74) is 2.35. The smallest absolute Gasteiger partial charge is 0.272 e. The lowest BCUT2D eigenvalue weighted by atomic mass is 10.00. The number of nitrogens with zero attached hydrogens (tertiary/aromatic N) is 6. The lowest BCUT2D eigenvalue weighted by Gasteiger charge is -2.40. The van der Waals surface area contributed by atoms with Crippen LogP contribution in [0.25, 0.3) is 0 Å². The van der Waals surface area contributed by atoms with Crippen LogP contribution in [0, 0.1) is 12.8 Å². The van der Waals surface area contributed by atoms with Gasteiger partial charge >= 0.3 is 0 Å². The van der Waals surface area contributed by atoms with Crippen LogP contribution in [-0.4, -0.2) is 55.0 Å². The lowest BCUT2D eigenvalue weighted by molar-refractivity contribution is -0.0605. The van der Waals surface area contributed by atoms with Crippen LogP contribution in [0.5, 0.6) is 0 Å². The van der Waals surface area contributed by atoms with Crippen molar-refractivity contribution in [2.24, 2.45) is 5.92 Å². The summed E-state index contributed by atoms with van der Waals surface area (Å²) in [5, 5.41) is 8.17. The van der Waals surface area contributed by atoms with Crippen molar-refractivity contribution in [1.82, 2.24) is 29.9 Å². The molecule has 1 fully saturated rings. The Balaban J connectivity index is 1.55. The Labute approximate surface area is 152 Å². The van der Waals surface area contributed by atoms with E-state index in [0.717, 1.165) is 24.2 Å². The molecule has 0 spiro atoms.